The minimum absolute atomic E-state index is 0.139. The smallest absolute Gasteiger partial charge is 0.261 e. The normalized spacial score (nSPS) is 11.0. The van der Waals surface area contributed by atoms with Gasteiger partial charge in [0.25, 0.3) is 5.56 Å². The quantitative estimate of drug-likeness (QED) is 0.377. The van der Waals surface area contributed by atoms with Crippen LogP contribution in [-0.2, 0) is 24.4 Å². The Hall–Kier alpha value is -4.52. The molecule has 174 valence electrons. The summed E-state index contributed by atoms with van der Waals surface area (Å²) in [7, 11) is 0. The van der Waals surface area contributed by atoms with Gasteiger partial charge in [-0.3, -0.25) is 18.8 Å². The maximum atomic E-state index is 12.7. The molecule has 2 heterocycles. The van der Waals surface area contributed by atoms with E-state index < -0.39 is 0 Å². The van der Waals surface area contributed by atoms with Crippen molar-refractivity contribution in [2.24, 2.45) is 0 Å². The molecule has 7 heteroatoms. The lowest BCUT2D eigenvalue weighted by molar-refractivity contribution is -0.121. The van der Waals surface area contributed by atoms with E-state index in [2.05, 4.69) is 22.4 Å². The van der Waals surface area contributed by atoms with Crippen LogP contribution in [0.15, 0.2) is 102 Å². The lowest BCUT2D eigenvalue weighted by atomic mass is 10.1. The van der Waals surface area contributed by atoms with E-state index in [-0.39, 0.29) is 24.4 Å². The summed E-state index contributed by atoms with van der Waals surface area (Å²) in [6.45, 7) is 1.26. The zero-order valence-electron chi connectivity index (χ0n) is 19.2. The molecule has 1 N–H and O–H groups in total. The van der Waals surface area contributed by atoms with Crippen LogP contribution in [0, 0.1) is 0 Å². The summed E-state index contributed by atoms with van der Waals surface area (Å²) in [4.78, 5) is 29.6. The Morgan fingerprint density at radius 3 is 2.40 bits per heavy atom. The molecule has 0 atom stereocenters. The third kappa shape index (κ3) is 5.19. The van der Waals surface area contributed by atoms with E-state index in [1.165, 1.54) is 10.9 Å². The molecule has 0 unspecified atom stereocenters. The van der Waals surface area contributed by atoms with Gasteiger partial charge in [0.05, 0.1) is 29.5 Å². The number of fused-ring (bicyclic) bond motifs is 1. The lowest BCUT2D eigenvalue weighted by Gasteiger charge is -2.08. The van der Waals surface area contributed by atoms with Crippen molar-refractivity contribution in [1.82, 2.24) is 24.6 Å². The van der Waals surface area contributed by atoms with E-state index in [4.69, 9.17) is 5.10 Å². The number of aryl methyl sites for hydroxylation is 1. The van der Waals surface area contributed by atoms with Crippen molar-refractivity contribution < 1.29 is 4.79 Å². The van der Waals surface area contributed by atoms with E-state index in [0.29, 0.717) is 24.0 Å². The minimum atomic E-state index is -0.142. The topological polar surface area (TPSA) is 81.8 Å². The highest BCUT2D eigenvalue weighted by molar-refractivity contribution is 5.77. The number of hydrogen-bond donors (Lipinski definition) is 1. The first-order chi connectivity index (χ1) is 17.2. The fraction of sp³-hybridized carbons (Fsp3) is 0.143. The van der Waals surface area contributed by atoms with Crippen LogP contribution in [0.5, 0.6) is 0 Å². The number of hydrogen-bond acceptors (Lipinski definition) is 4. The van der Waals surface area contributed by atoms with Gasteiger partial charge in [-0.2, -0.15) is 5.10 Å². The molecule has 0 aliphatic carbocycles. The van der Waals surface area contributed by atoms with E-state index >= 15 is 0 Å². The average molecular weight is 464 g/mol. The Morgan fingerprint density at radius 2 is 1.60 bits per heavy atom. The highest BCUT2D eigenvalue weighted by atomic mass is 16.1. The van der Waals surface area contributed by atoms with E-state index in [9.17, 15) is 9.59 Å². The van der Waals surface area contributed by atoms with Crippen molar-refractivity contribution in [3.05, 3.63) is 119 Å². The van der Waals surface area contributed by atoms with Gasteiger partial charge < -0.3 is 5.32 Å². The second-order valence-electron chi connectivity index (χ2n) is 8.34. The molecule has 0 bridgehead atoms. The van der Waals surface area contributed by atoms with Crippen LogP contribution < -0.4 is 10.9 Å². The van der Waals surface area contributed by atoms with Crippen molar-refractivity contribution in [2.45, 2.75) is 26.1 Å². The second-order valence-corrected chi connectivity index (χ2v) is 8.34. The van der Waals surface area contributed by atoms with Gasteiger partial charge in [-0.05, 0) is 17.7 Å². The monoisotopic (exact) mass is 463 g/mol. The second kappa shape index (κ2) is 10.2. The first kappa shape index (κ1) is 22.3. The lowest BCUT2D eigenvalue weighted by Crippen LogP contribution is -2.27. The van der Waals surface area contributed by atoms with Crippen LogP contribution in [0.1, 0.15) is 17.5 Å². The molecule has 7 nitrogen and oxygen atoms in total. The van der Waals surface area contributed by atoms with Gasteiger partial charge in [-0.1, -0.05) is 72.8 Å². The molecule has 0 radical (unpaired) electrons. The largest absolute Gasteiger partial charge is 0.352 e. The molecule has 0 aliphatic rings. The Balaban J connectivity index is 1.28. The van der Waals surface area contributed by atoms with E-state index in [0.717, 1.165) is 22.4 Å². The maximum Gasteiger partial charge on any atom is 0.261 e. The van der Waals surface area contributed by atoms with Crippen LogP contribution >= 0.6 is 0 Å². The van der Waals surface area contributed by atoms with Crippen molar-refractivity contribution in [1.29, 1.82) is 0 Å². The van der Waals surface area contributed by atoms with Crippen LogP contribution in [0.3, 0.4) is 0 Å². The maximum absolute atomic E-state index is 12.7. The number of aromatic nitrogens is 4. The van der Waals surface area contributed by atoms with Gasteiger partial charge in [0.2, 0.25) is 5.91 Å². The molecule has 35 heavy (non-hydrogen) atoms. The fourth-order valence-corrected chi connectivity index (χ4v) is 4.05. The number of amides is 1. The van der Waals surface area contributed by atoms with Crippen molar-refractivity contribution in [2.75, 3.05) is 0 Å². The SMILES string of the molecule is O=C(CCn1cnc2ccccc2c1=O)NCc1cn(Cc2ccccc2)nc1-c1ccccc1. The third-order valence-corrected chi connectivity index (χ3v) is 5.86. The minimum Gasteiger partial charge on any atom is -0.352 e. The molecule has 0 spiro atoms. The molecular formula is C28H25N5O2. The molecule has 3 aromatic carbocycles. The third-order valence-electron chi connectivity index (χ3n) is 5.86. The van der Waals surface area contributed by atoms with Gasteiger partial charge in [-0.25, -0.2) is 4.98 Å². The zero-order chi connectivity index (χ0) is 24.0. The van der Waals surface area contributed by atoms with E-state index in [1.807, 2.05) is 71.5 Å². The highest BCUT2D eigenvalue weighted by Gasteiger charge is 2.13. The summed E-state index contributed by atoms with van der Waals surface area (Å²) >= 11 is 0. The molecule has 5 rings (SSSR count). The summed E-state index contributed by atoms with van der Waals surface area (Å²) in [5.41, 5.74) is 4.44. The molecule has 5 aromatic rings. The van der Waals surface area contributed by atoms with Crippen LogP contribution in [0.2, 0.25) is 0 Å². The highest BCUT2D eigenvalue weighted by Crippen LogP contribution is 2.22. The Bertz CT molecular complexity index is 1510. The predicted molar refractivity (Wildman–Crippen MR) is 136 cm³/mol. The van der Waals surface area contributed by atoms with Crippen molar-refractivity contribution in [3.8, 4) is 11.3 Å². The van der Waals surface area contributed by atoms with Crippen molar-refractivity contribution >= 4 is 16.8 Å². The van der Waals surface area contributed by atoms with Crippen LogP contribution in [0.4, 0.5) is 0 Å². The molecule has 0 saturated heterocycles. The average Bonchev–Trinajstić information content (AvgIpc) is 3.31. The molecule has 0 aliphatic heterocycles. The Labute approximate surface area is 202 Å². The van der Waals surface area contributed by atoms with E-state index in [1.54, 1.807) is 12.1 Å². The Morgan fingerprint density at radius 1 is 0.886 bits per heavy atom. The number of carbonyl (C=O) groups excluding carboxylic acids is 1. The number of nitrogens with one attached hydrogen (secondary N) is 1. The number of benzene rings is 3. The molecule has 2 aromatic heterocycles. The summed E-state index contributed by atoms with van der Waals surface area (Å²) in [5.74, 6) is -0.139. The van der Waals surface area contributed by atoms with Crippen LogP contribution in [-0.4, -0.2) is 25.2 Å². The number of rotatable bonds is 8. The van der Waals surface area contributed by atoms with Gasteiger partial charge in [0, 0.05) is 36.8 Å². The Kier molecular flexibility index (Phi) is 6.48. The van der Waals surface area contributed by atoms with Crippen molar-refractivity contribution in [3.63, 3.8) is 0 Å². The summed E-state index contributed by atoms with van der Waals surface area (Å²) in [5, 5.41) is 8.33. The van der Waals surface area contributed by atoms with Crippen LogP contribution in [0.25, 0.3) is 22.2 Å². The summed E-state index contributed by atoms with van der Waals surface area (Å²) < 4.78 is 3.38. The fourth-order valence-electron chi connectivity index (χ4n) is 4.05. The number of carbonyl (C=O) groups is 1. The molecule has 0 fully saturated rings. The van der Waals surface area contributed by atoms with Gasteiger partial charge >= 0.3 is 0 Å². The predicted octanol–water partition coefficient (Wildman–Crippen LogP) is 4.01. The van der Waals surface area contributed by atoms with Gasteiger partial charge in [0.1, 0.15) is 0 Å². The van der Waals surface area contributed by atoms with Gasteiger partial charge in [0.15, 0.2) is 0 Å². The first-order valence-corrected chi connectivity index (χ1v) is 11.5. The molecule has 1 amide bonds. The van der Waals surface area contributed by atoms with Gasteiger partial charge in [-0.15, -0.1) is 0 Å². The molecule has 0 saturated carbocycles. The molecular weight excluding hydrogens is 438 g/mol. The number of nitrogens with zero attached hydrogens (tertiary/aromatic N) is 4. The first-order valence-electron chi connectivity index (χ1n) is 11.5. The number of para-hydroxylation sites is 1. The summed E-state index contributed by atoms with van der Waals surface area (Å²) in [6, 6.07) is 27.3. The zero-order valence-corrected chi connectivity index (χ0v) is 19.2. The standard InChI is InChI=1S/C28H25N5O2/c34-26(15-16-32-20-30-25-14-8-7-13-24(25)28(32)35)29-17-23-19-33(18-21-9-3-1-4-10-21)31-27(23)22-11-5-2-6-12-22/h1-14,19-20H,15-18H2,(H,29,34). The summed E-state index contributed by atoms with van der Waals surface area (Å²) in [6.07, 6.45) is 3.66.